The van der Waals surface area contributed by atoms with Crippen molar-refractivity contribution in [3.8, 4) is 5.75 Å². The molecule has 0 aliphatic rings. The highest BCUT2D eigenvalue weighted by atomic mass is 16.5. The fourth-order valence-electron chi connectivity index (χ4n) is 1.36. The molecule has 2 heteroatoms. The third-order valence-corrected chi connectivity index (χ3v) is 2.15. The number of ether oxygens (including phenoxy) is 1. The molecule has 0 atom stereocenters. The summed E-state index contributed by atoms with van der Waals surface area (Å²) in [6, 6.07) is 5.94. The van der Waals surface area contributed by atoms with Crippen LogP contribution in [0.1, 0.15) is 37.8 Å². The molecule has 0 radical (unpaired) electrons. The predicted molar refractivity (Wildman–Crippen MR) is 57.6 cm³/mol. The van der Waals surface area contributed by atoms with E-state index in [9.17, 15) is 0 Å². The van der Waals surface area contributed by atoms with E-state index in [1.807, 2.05) is 25.1 Å². The zero-order valence-electron chi connectivity index (χ0n) is 9.08. The van der Waals surface area contributed by atoms with Gasteiger partial charge in [-0.3, -0.25) is 0 Å². The predicted octanol–water partition coefficient (Wildman–Crippen LogP) is 2.70. The number of benzene rings is 1. The van der Waals surface area contributed by atoms with Crippen molar-refractivity contribution >= 4 is 0 Å². The molecule has 1 N–H and O–H groups in total. The summed E-state index contributed by atoms with van der Waals surface area (Å²) in [6.45, 7) is 6.95. The molecule has 0 heterocycles. The van der Waals surface area contributed by atoms with Crippen molar-refractivity contribution in [2.24, 2.45) is 0 Å². The second kappa shape index (κ2) is 5.01. The van der Waals surface area contributed by atoms with Crippen molar-refractivity contribution in [1.82, 2.24) is 0 Å². The molecule has 78 valence electrons. The molecule has 0 fully saturated rings. The Bertz CT molecular complexity index is 292. The van der Waals surface area contributed by atoms with Crippen LogP contribution in [0.4, 0.5) is 0 Å². The van der Waals surface area contributed by atoms with E-state index in [1.54, 1.807) is 0 Å². The van der Waals surface area contributed by atoms with Crippen molar-refractivity contribution in [1.29, 1.82) is 0 Å². The first-order valence-corrected chi connectivity index (χ1v) is 5.05. The van der Waals surface area contributed by atoms with Crippen LogP contribution in [0, 0.1) is 0 Å². The summed E-state index contributed by atoms with van der Waals surface area (Å²) in [6.07, 6.45) is 0. The summed E-state index contributed by atoms with van der Waals surface area (Å²) >= 11 is 0. The van der Waals surface area contributed by atoms with Crippen molar-refractivity contribution in [2.75, 3.05) is 6.61 Å². The number of hydrogen-bond donors (Lipinski definition) is 1. The largest absolute Gasteiger partial charge is 0.494 e. The van der Waals surface area contributed by atoms with Crippen LogP contribution in [0.3, 0.4) is 0 Å². The van der Waals surface area contributed by atoms with Crippen LogP contribution in [-0.4, -0.2) is 11.7 Å². The van der Waals surface area contributed by atoms with E-state index in [-0.39, 0.29) is 6.61 Å². The Morgan fingerprint density at radius 3 is 2.50 bits per heavy atom. The van der Waals surface area contributed by atoms with Gasteiger partial charge in [-0.05, 0) is 36.1 Å². The molecule has 0 amide bonds. The summed E-state index contributed by atoms with van der Waals surface area (Å²) in [5, 5.41) is 9.08. The van der Waals surface area contributed by atoms with Crippen molar-refractivity contribution in [3.63, 3.8) is 0 Å². The maximum absolute atomic E-state index is 9.08. The van der Waals surface area contributed by atoms with Crippen LogP contribution < -0.4 is 4.74 Å². The van der Waals surface area contributed by atoms with E-state index in [2.05, 4.69) is 13.8 Å². The lowest BCUT2D eigenvalue weighted by atomic mass is 10.0. The molecule has 2 nitrogen and oxygen atoms in total. The van der Waals surface area contributed by atoms with E-state index in [0.717, 1.165) is 11.3 Å². The first-order valence-electron chi connectivity index (χ1n) is 5.05. The van der Waals surface area contributed by atoms with Gasteiger partial charge in [0.2, 0.25) is 0 Å². The number of rotatable bonds is 4. The van der Waals surface area contributed by atoms with Crippen LogP contribution in [0.25, 0.3) is 0 Å². The minimum absolute atomic E-state index is 0.0701. The molecule has 0 unspecified atom stereocenters. The zero-order valence-corrected chi connectivity index (χ0v) is 9.08. The topological polar surface area (TPSA) is 29.5 Å². The summed E-state index contributed by atoms with van der Waals surface area (Å²) in [7, 11) is 0. The highest BCUT2D eigenvalue weighted by molar-refractivity contribution is 5.35. The number of hydrogen-bond acceptors (Lipinski definition) is 2. The minimum atomic E-state index is 0.0701. The Labute approximate surface area is 85.5 Å². The monoisotopic (exact) mass is 194 g/mol. The normalized spacial score (nSPS) is 10.6. The van der Waals surface area contributed by atoms with Gasteiger partial charge in [-0.2, -0.15) is 0 Å². The quantitative estimate of drug-likeness (QED) is 0.798. The molecule has 0 bridgehead atoms. The Balaban J connectivity index is 3.00. The van der Waals surface area contributed by atoms with Crippen molar-refractivity contribution in [3.05, 3.63) is 29.3 Å². The SMILES string of the molecule is CCOc1cc(CO)cc(C(C)C)c1. The molecule has 0 aliphatic carbocycles. The summed E-state index contributed by atoms with van der Waals surface area (Å²) in [4.78, 5) is 0. The summed E-state index contributed by atoms with van der Waals surface area (Å²) in [5.74, 6) is 1.31. The fourth-order valence-corrected chi connectivity index (χ4v) is 1.36. The second-order valence-electron chi connectivity index (χ2n) is 3.66. The van der Waals surface area contributed by atoms with Crippen molar-refractivity contribution < 1.29 is 9.84 Å². The summed E-state index contributed by atoms with van der Waals surface area (Å²) in [5.41, 5.74) is 2.12. The van der Waals surface area contributed by atoms with Crippen LogP contribution in [0.2, 0.25) is 0 Å². The Morgan fingerprint density at radius 2 is 2.00 bits per heavy atom. The molecule has 1 aromatic carbocycles. The molecule has 14 heavy (non-hydrogen) atoms. The maximum Gasteiger partial charge on any atom is 0.119 e. The number of aliphatic hydroxyl groups excluding tert-OH is 1. The number of aliphatic hydroxyl groups is 1. The first-order chi connectivity index (χ1) is 6.67. The van der Waals surface area contributed by atoms with Crippen LogP contribution in [0.15, 0.2) is 18.2 Å². The van der Waals surface area contributed by atoms with E-state index < -0.39 is 0 Å². The van der Waals surface area contributed by atoms with Gasteiger partial charge in [-0.25, -0.2) is 0 Å². The standard InChI is InChI=1S/C12H18O2/c1-4-14-12-6-10(8-13)5-11(7-12)9(2)3/h5-7,9,13H,4,8H2,1-3H3. The molecular formula is C12H18O2. The van der Waals surface area contributed by atoms with Gasteiger partial charge in [-0.1, -0.05) is 19.9 Å². The van der Waals surface area contributed by atoms with Crippen LogP contribution in [0.5, 0.6) is 5.75 Å². The van der Waals surface area contributed by atoms with Gasteiger partial charge in [0, 0.05) is 0 Å². The lowest BCUT2D eigenvalue weighted by molar-refractivity contribution is 0.279. The Morgan fingerprint density at radius 1 is 1.29 bits per heavy atom. The third kappa shape index (κ3) is 2.74. The molecule has 1 rings (SSSR count). The van der Waals surface area contributed by atoms with Crippen LogP contribution in [-0.2, 0) is 6.61 Å². The van der Waals surface area contributed by atoms with Gasteiger partial charge in [-0.15, -0.1) is 0 Å². The molecule has 0 saturated carbocycles. The average molecular weight is 194 g/mol. The van der Waals surface area contributed by atoms with E-state index in [1.165, 1.54) is 5.56 Å². The Kier molecular flexibility index (Phi) is 3.96. The molecule has 0 spiro atoms. The van der Waals surface area contributed by atoms with Gasteiger partial charge in [0.1, 0.15) is 5.75 Å². The zero-order chi connectivity index (χ0) is 10.6. The highest BCUT2D eigenvalue weighted by Gasteiger charge is 2.04. The summed E-state index contributed by atoms with van der Waals surface area (Å²) < 4.78 is 5.43. The van der Waals surface area contributed by atoms with Gasteiger partial charge in [0.15, 0.2) is 0 Å². The maximum atomic E-state index is 9.08. The smallest absolute Gasteiger partial charge is 0.119 e. The van der Waals surface area contributed by atoms with Crippen LogP contribution >= 0.6 is 0 Å². The molecule has 0 aromatic heterocycles. The molecule has 1 aromatic rings. The van der Waals surface area contributed by atoms with Gasteiger partial charge in [0.25, 0.3) is 0 Å². The average Bonchev–Trinajstić information content (AvgIpc) is 2.17. The van der Waals surface area contributed by atoms with Gasteiger partial charge < -0.3 is 9.84 Å². The lowest BCUT2D eigenvalue weighted by Crippen LogP contribution is -1.96. The Hall–Kier alpha value is -1.02. The highest BCUT2D eigenvalue weighted by Crippen LogP contribution is 2.23. The van der Waals surface area contributed by atoms with Crippen molar-refractivity contribution in [2.45, 2.75) is 33.3 Å². The third-order valence-electron chi connectivity index (χ3n) is 2.15. The van der Waals surface area contributed by atoms with Gasteiger partial charge >= 0.3 is 0 Å². The minimum Gasteiger partial charge on any atom is -0.494 e. The lowest BCUT2D eigenvalue weighted by Gasteiger charge is -2.11. The van der Waals surface area contributed by atoms with E-state index in [0.29, 0.717) is 12.5 Å². The second-order valence-corrected chi connectivity index (χ2v) is 3.66. The molecule has 0 saturated heterocycles. The fraction of sp³-hybridized carbons (Fsp3) is 0.500. The molecular weight excluding hydrogens is 176 g/mol. The van der Waals surface area contributed by atoms with E-state index in [4.69, 9.17) is 9.84 Å². The molecule has 0 aliphatic heterocycles. The van der Waals surface area contributed by atoms with Gasteiger partial charge in [0.05, 0.1) is 13.2 Å². The first kappa shape index (κ1) is 11.1. The van der Waals surface area contributed by atoms with E-state index >= 15 is 0 Å².